The minimum absolute atomic E-state index is 0.0346. The van der Waals surface area contributed by atoms with Crippen LogP contribution in [0.15, 0.2) is 78.9 Å². The van der Waals surface area contributed by atoms with E-state index in [1.54, 1.807) is 7.11 Å². The Morgan fingerprint density at radius 2 is 1.60 bits per heavy atom. The Morgan fingerprint density at radius 1 is 0.885 bits per heavy atom. The smallest absolute Gasteiger partial charge is 0.407 e. The number of morpholine rings is 1. The number of hydrogen-bond acceptors (Lipinski definition) is 10. The summed E-state index contributed by atoms with van der Waals surface area (Å²) in [4.78, 5) is 29.3. The highest BCUT2D eigenvalue weighted by Crippen LogP contribution is 2.32. The number of nitrogens with one attached hydrogen (secondary N) is 2. The number of hydrogen-bond donors (Lipinski definition) is 4. The van der Waals surface area contributed by atoms with E-state index in [4.69, 9.17) is 23.7 Å². The number of methoxy groups -OCH3 is 1. The average Bonchev–Trinajstić information content (AvgIpc) is 3.48. The van der Waals surface area contributed by atoms with Gasteiger partial charge < -0.3 is 44.5 Å². The number of aliphatic hydroxyl groups excluding tert-OH is 2. The van der Waals surface area contributed by atoms with Crippen LogP contribution in [0.25, 0.3) is 0 Å². The van der Waals surface area contributed by atoms with Crippen LogP contribution in [0.4, 0.5) is 4.79 Å². The topological polar surface area (TPSA) is 148 Å². The standard InChI is InChI=1S/C40H53N3O9/c1-48-21-22-50-23-24-52-40(47)41-35(26-29-7-3-2-4-8-29)36(44)28-32(39(46)42-38-34-10-6-5-9-31(34)27-37(38)45)25-30-11-13-33(14-12-30)51-20-17-43-15-18-49-19-16-43/h2-14,32,35-38,44-45H,15-28H2,1H3,(H,41,47)(H,42,46)/t32-,35+,36+,37-,38+/m1/s1. The Balaban J connectivity index is 1.27. The molecule has 1 saturated heterocycles. The largest absolute Gasteiger partial charge is 0.492 e. The molecule has 0 bridgehead atoms. The highest BCUT2D eigenvalue weighted by molar-refractivity contribution is 5.80. The van der Waals surface area contributed by atoms with E-state index >= 15 is 0 Å². The van der Waals surface area contributed by atoms with Crippen LogP contribution < -0.4 is 15.4 Å². The van der Waals surface area contributed by atoms with Crippen molar-refractivity contribution >= 4 is 12.0 Å². The fourth-order valence-corrected chi connectivity index (χ4v) is 6.66. The first-order valence-corrected chi connectivity index (χ1v) is 18.2. The quantitative estimate of drug-likeness (QED) is 0.129. The molecule has 4 N–H and O–H groups in total. The van der Waals surface area contributed by atoms with Crippen molar-refractivity contribution in [1.82, 2.24) is 15.5 Å². The summed E-state index contributed by atoms with van der Waals surface area (Å²) in [6, 6.07) is 23.6. The Bertz CT molecular complexity index is 1500. The molecule has 0 saturated carbocycles. The van der Waals surface area contributed by atoms with Gasteiger partial charge in [0.1, 0.15) is 19.0 Å². The summed E-state index contributed by atoms with van der Waals surface area (Å²) in [6.07, 6.45) is -1.42. The second kappa shape index (κ2) is 20.9. The molecule has 3 aromatic carbocycles. The van der Waals surface area contributed by atoms with Crippen LogP contribution in [0.5, 0.6) is 5.75 Å². The van der Waals surface area contributed by atoms with E-state index < -0.39 is 36.3 Å². The van der Waals surface area contributed by atoms with Gasteiger partial charge in [0, 0.05) is 39.1 Å². The maximum Gasteiger partial charge on any atom is 0.407 e. The predicted molar refractivity (Wildman–Crippen MR) is 195 cm³/mol. The van der Waals surface area contributed by atoms with Crippen LogP contribution >= 0.6 is 0 Å². The van der Waals surface area contributed by atoms with Gasteiger partial charge in [0.25, 0.3) is 0 Å². The Hall–Kier alpha value is -4.04. The van der Waals surface area contributed by atoms with E-state index in [0.29, 0.717) is 39.1 Å². The average molecular weight is 720 g/mol. The fraction of sp³-hybridized carbons (Fsp3) is 0.500. The van der Waals surface area contributed by atoms with Crippen molar-refractivity contribution in [1.29, 1.82) is 0 Å². The molecule has 3 aromatic rings. The van der Waals surface area contributed by atoms with Crippen LogP contribution in [0.2, 0.25) is 0 Å². The van der Waals surface area contributed by atoms with Gasteiger partial charge in [-0.25, -0.2) is 4.79 Å². The van der Waals surface area contributed by atoms with E-state index in [-0.39, 0.29) is 25.5 Å². The fourth-order valence-electron chi connectivity index (χ4n) is 6.66. The number of aliphatic hydroxyl groups is 2. The van der Waals surface area contributed by atoms with Gasteiger partial charge in [-0.2, -0.15) is 0 Å². The van der Waals surface area contributed by atoms with E-state index in [9.17, 15) is 19.8 Å². The molecule has 5 rings (SSSR count). The number of nitrogens with zero attached hydrogens (tertiary/aromatic N) is 1. The molecule has 282 valence electrons. The summed E-state index contributed by atoms with van der Waals surface area (Å²) >= 11 is 0. The van der Waals surface area contributed by atoms with E-state index in [1.807, 2.05) is 78.9 Å². The molecule has 1 aliphatic carbocycles. The van der Waals surface area contributed by atoms with E-state index in [2.05, 4.69) is 15.5 Å². The number of ether oxygens (including phenoxy) is 5. The highest BCUT2D eigenvalue weighted by atomic mass is 16.6. The molecule has 5 atom stereocenters. The third-order valence-electron chi connectivity index (χ3n) is 9.54. The molecule has 12 nitrogen and oxygen atoms in total. The third-order valence-corrected chi connectivity index (χ3v) is 9.54. The lowest BCUT2D eigenvalue weighted by molar-refractivity contribution is -0.127. The highest BCUT2D eigenvalue weighted by Gasteiger charge is 2.35. The van der Waals surface area contributed by atoms with E-state index in [1.165, 1.54) is 0 Å². The van der Waals surface area contributed by atoms with Gasteiger partial charge in [0.05, 0.1) is 57.3 Å². The summed E-state index contributed by atoms with van der Waals surface area (Å²) in [5, 5.41) is 28.6. The van der Waals surface area contributed by atoms with Gasteiger partial charge in [-0.05, 0) is 53.6 Å². The monoisotopic (exact) mass is 719 g/mol. The second-order valence-corrected chi connectivity index (χ2v) is 13.3. The number of benzene rings is 3. The third kappa shape index (κ3) is 12.3. The molecule has 1 aliphatic heterocycles. The van der Waals surface area contributed by atoms with Crippen molar-refractivity contribution in [2.75, 3.05) is 73.0 Å². The summed E-state index contributed by atoms with van der Waals surface area (Å²) in [5.41, 5.74) is 3.68. The molecule has 1 heterocycles. The molecule has 52 heavy (non-hydrogen) atoms. The van der Waals surface area contributed by atoms with Gasteiger partial charge in [-0.1, -0.05) is 66.7 Å². The van der Waals surface area contributed by atoms with Crippen molar-refractivity contribution < 1.29 is 43.5 Å². The minimum atomic E-state index is -1.11. The molecule has 2 aliphatic rings. The first kappa shape index (κ1) is 39.2. The summed E-state index contributed by atoms with van der Waals surface area (Å²) in [6.45, 7) is 5.70. The van der Waals surface area contributed by atoms with Crippen LogP contribution in [0.1, 0.15) is 34.7 Å². The summed E-state index contributed by atoms with van der Waals surface area (Å²) in [7, 11) is 1.58. The second-order valence-electron chi connectivity index (χ2n) is 13.3. The number of rotatable bonds is 20. The number of carbonyl (C=O) groups is 2. The molecular formula is C40H53N3O9. The van der Waals surface area contributed by atoms with E-state index in [0.717, 1.165) is 60.9 Å². The number of fused-ring (bicyclic) bond motifs is 1. The Kier molecular flexibility index (Phi) is 15.7. The first-order valence-electron chi connectivity index (χ1n) is 18.2. The number of alkyl carbamates (subject to hydrolysis) is 1. The van der Waals surface area contributed by atoms with Crippen molar-refractivity contribution in [2.45, 2.75) is 50.0 Å². The molecular weight excluding hydrogens is 666 g/mol. The molecule has 0 aromatic heterocycles. The number of carbonyl (C=O) groups excluding carboxylic acids is 2. The van der Waals surface area contributed by atoms with Gasteiger partial charge in [0.2, 0.25) is 5.91 Å². The van der Waals surface area contributed by atoms with Gasteiger partial charge in [0.15, 0.2) is 0 Å². The normalized spacial score (nSPS) is 18.9. The van der Waals surface area contributed by atoms with Crippen molar-refractivity contribution in [3.05, 3.63) is 101 Å². The van der Waals surface area contributed by atoms with Crippen molar-refractivity contribution in [2.24, 2.45) is 5.92 Å². The summed E-state index contributed by atoms with van der Waals surface area (Å²) in [5.74, 6) is -0.244. The zero-order valence-corrected chi connectivity index (χ0v) is 30.0. The lowest BCUT2D eigenvalue weighted by Gasteiger charge is -2.28. The Labute approximate surface area is 306 Å². The number of amides is 2. The SMILES string of the molecule is COCCOCCOC(=O)N[C@@H](Cc1ccccc1)[C@@H](O)C[C@@H](Cc1ccc(OCCN2CCOCC2)cc1)C(=O)N[C@H]1c2ccccc2C[C@H]1O. The van der Waals surface area contributed by atoms with Crippen molar-refractivity contribution in [3.8, 4) is 5.75 Å². The molecule has 0 radical (unpaired) electrons. The van der Waals surface area contributed by atoms with Gasteiger partial charge in [-0.3, -0.25) is 9.69 Å². The predicted octanol–water partition coefficient (Wildman–Crippen LogP) is 3.08. The van der Waals surface area contributed by atoms with Gasteiger partial charge >= 0.3 is 6.09 Å². The lowest BCUT2D eigenvalue weighted by Crippen LogP contribution is -2.47. The maximum absolute atomic E-state index is 14.1. The lowest BCUT2D eigenvalue weighted by atomic mass is 9.88. The van der Waals surface area contributed by atoms with Crippen LogP contribution in [-0.2, 0) is 43.0 Å². The van der Waals surface area contributed by atoms with Crippen molar-refractivity contribution in [3.63, 3.8) is 0 Å². The molecule has 0 spiro atoms. The van der Waals surface area contributed by atoms with Crippen LogP contribution in [-0.4, -0.2) is 118 Å². The zero-order chi connectivity index (χ0) is 36.5. The zero-order valence-electron chi connectivity index (χ0n) is 30.0. The summed E-state index contributed by atoms with van der Waals surface area (Å²) < 4.78 is 27.1. The molecule has 12 heteroatoms. The van der Waals surface area contributed by atoms with Gasteiger partial charge in [-0.15, -0.1) is 0 Å². The Morgan fingerprint density at radius 3 is 2.37 bits per heavy atom. The molecule has 1 fully saturated rings. The maximum atomic E-state index is 14.1. The first-order chi connectivity index (χ1) is 25.4. The van der Waals surface area contributed by atoms with Crippen LogP contribution in [0, 0.1) is 5.92 Å². The molecule has 0 unspecified atom stereocenters. The van der Waals surface area contributed by atoms with Crippen LogP contribution in [0.3, 0.4) is 0 Å². The molecule has 2 amide bonds. The minimum Gasteiger partial charge on any atom is -0.492 e.